The lowest BCUT2D eigenvalue weighted by Gasteiger charge is -2.37. The highest BCUT2D eigenvalue weighted by molar-refractivity contribution is 7.13. The van der Waals surface area contributed by atoms with Gasteiger partial charge in [-0.05, 0) is 37.6 Å². The number of piperazine rings is 1. The minimum Gasteiger partial charge on any atom is -0.381 e. The Morgan fingerprint density at radius 3 is 2.44 bits per heavy atom. The van der Waals surface area contributed by atoms with Crippen molar-refractivity contribution in [3.8, 4) is 0 Å². The minimum absolute atomic E-state index is 0.159. The molecular weight excluding hydrogens is 337 g/mol. The Bertz CT molecular complexity index is 704. The number of hydrogen-bond acceptors (Lipinski definition) is 5. The van der Waals surface area contributed by atoms with E-state index in [1.165, 1.54) is 0 Å². The maximum absolute atomic E-state index is 13.4. The number of benzene rings is 1. The van der Waals surface area contributed by atoms with Gasteiger partial charge in [-0.3, -0.25) is 0 Å². The van der Waals surface area contributed by atoms with E-state index in [1.54, 1.807) is 23.5 Å². The van der Waals surface area contributed by atoms with Crippen LogP contribution in [-0.2, 0) is 10.2 Å². The van der Waals surface area contributed by atoms with Crippen molar-refractivity contribution >= 4 is 16.5 Å². The number of halogens is 1. The van der Waals surface area contributed by atoms with Crippen molar-refractivity contribution in [3.05, 3.63) is 46.7 Å². The number of thiazole rings is 1. The monoisotopic (exact) mass is 361 g/mol. The van der Waals surface area contributed by atoms with Crippen molar-refractivity contribution in [2.24, 2.45) is 0 Å². The Morgan fingerprint density at radius 2 is 1.76 bits per heavy atom. The standard InChI is InChI=1S/C19H24FN3OS/c1-22-8-10-23(11-9-22)18-21-17(14-25-18)19(6-12-24-13-7-19)15-2-4-16(20)5-3-15/h2-5,14H,6-13H2,1H3. The van der Waals surface area contributed by atoms with Crippen LogP contribution in [0, 0.1) is 5.82 Å². The number of nitrogens with zero attached hydrogens (tertiary/aromatic N) is 3. The molecule has 1 aromatic carbocycles. The van der Waals surface area contributed by atoms with Crippen molar-refractivity contribution in [1.82, 2.24) is 9.88 Å². The zero-order valence-electron chi connectivity index (χ0n) is 14.6. The Balaban J connectivity index is 1.65. The van der Waals surface area contributed by atoms with Crippen LogP contribution in [0.5, 0.6) is 0 Å². The quantitative estimate of drug-likeness (QED) is 0.840. The van der Waals surface area contributed by atoms with Crippen LogP contribution < -0.4 is 4.90 Å². The van der Waals surface area contributed by atoms with Crippen molar-refractivity contribution < 1.29 is 9.13 Å². The van der Waals surface area contributed by atoms with E-state index in [0.29, 0.717) is 0 Å². The van der Waals surface area contributed by atoms with Gasteiger partial charge in [-0.2, -0.15) is 0 Å². The van der Waals surface area contributed by atoms with Gasteiger partial charge in [0.05, 0.1) is 5.69 Å². The van der Waals surface area contributed by atoms with Gasteiger partial charge < -0.3 is 14.5 Å². The molecule has 134 valence electrons. The molecule has 0 bridgehead atoms. The van der Waals surface area contributed by atoms with Gasteiger partial charge in [0.15, 0.2) is 5.13 Å². The normalized spacial score (nSPS) is 21.4. The molecule has 2 saturated heterocycles. The predicted molar refractivity (Wildman–Crippen MR) is 99.1 cm³/mol. The highest BCUT2D eigenvalue weighted by atomic mass is 32.1. The van der Waals surface area contributed by atoms with Gasteiger partial charge in [0.2, 0.25) is 0 Å². The molecule has 0 N–H and O–H groups in total. The van der Waals surface area contributed by atoms with E-state index in [1.807, 2.05) is 12.1 Å². The highest BCUT2D eigenvalue weighted by Gasteiger charge is 2.38. The third kappa shape index (κ3) is 3.30. The molecule has 4 nitrogen and oxygen atoms in total. The summed E-state index contributed by atoms with van der Waals surface area (Å²) in [6.07, 6.45) is 1.79. The van der Waals surface area contributed by atoms with E-state index < -0.39 is 0 Å². The Kier molecular flexibility index (Phi) is 4.75. The van der Waals surface area contributed by atoms with Crippen LogP contribution in [0.2, 0.25) is 0 Å². The average molecular weight is 361 g/mol. The maximum Gasteiger partial charge on any atom is 0.185 e. The van der Waals surface area contributed by atoms with Crippen molar-refractivity contribution in [1.29, 1.82) is 0 Å². The summed E-state index contributed by atoms with van der Waals surface area (Å²) in [6.45, 7) is 5.64. The van der Waals surface area contributed by atoms with Crippen LogP contribution in [0.1, 0.15) is 24.1 Å². The average Bonchev–Trinajstić information content (AvgIpc) is 3.14. The number of likely N-dealkylation sites (N-methyl/N-ethyl adjacent to an activating group) is 1. The molecule has 2 fully saturated rings. The van der Waals surface area contributed by atoms with Crippen LogP contribution in [0.25, 0.3) is 0 Å². The summed E-state index contributed by atoms with van der Waals surface area (Å²) in [6, 6.07) is 6.94. The fraction of sp³-hybridized carbons (Fsp3) is 0.526. The first-order valence-corrected chi connectivity index (χ1v) is 9.79. The van der Waals surface area contributed by atoms with Crippen molar-refractivity contribution in [3.63, 3.8) is 0 Å². The molecule has 4 rings (SSSR count). The topological polar surface area (TPSA) is 28.6 Å². The fourth-order valence-electron chi connectivity index (χ4n) is 3.81. The van der Waals surface area contributed by atoms with Gasteiger partial charge in [0.1, 0.15) is 5.82 Å². The summed E-state index contributed by atoms with van der Waals surface area (Å²) in [4.78, 5) is 9.76. The summed E-state index contributed by atoms with van der Waals surface area (Å²) in [5.41, 5.74) is 2.10. The predicted octanol–water partition coefficient (Wildman–Crippen LogP) is 3.13. The molecule has 2 aromatic rings. The smallest absolute Gasteiger partial charge is 0.185 e. The number of anilines is 1. The molecule has 3 heterocycles. The van der Waals surface area contributed by atoms with E-state index in [2.05, 4.69) is 22.2 Å². The highest BCUT2D eigenvalue weighted by Crippen LogP contribution is 2.42. The Labute approximate surface area is 152 Å². The first kappa shape index (κ1) is 16.9. The molecule has 0 amide bonds. The summed E-state index contributed by atoms with van der Waals surface area (Å²) in [5, 5.41) is 3.30. The van der Waals surface area contributed by atoms with E-state index in [-0.39, 0.29) is 11.2 Å². The zero-order chi connectivity index (χ0) is 17.3. The van der Waals surface area contributed by atoms with Crippen LogP contribution >= 0.6 is 11.3 Å². The molecule has 0 aliphatic carbocycles. The molecule has 0 spiro atoms. The lowest BCUT2D eigenvalue weighted by molar-refractivity contribution is 0.0620. The van der Waals surface area contributed by atoms with E-state index in [4.69, 9.17) is 9.72 Å². The van der Waals surface area contributed by atoms with Crippen LogP contribution in [0.15, 0.2) is 29.6 Å². The number of ether oxygens (including phenoxy) is 1. The van der Waals surface area contributed by atoms with Gasteiger partial charge in [-0.15, -0.1) is 11.3 Å². The summed E-state index contributed by atoms with van der Waals surface area (Å²) >= 11 is 1.73. The molecule has 0 unspecified atom stereocenters. The lowest BCUT2D eigenvalue weighted by atomic mass is 9.72. The first-order chi connectivity index (χ1) is 12.2. The summed E-state index contributed by atoms with van der Waals surface area (Å²) < 4.78 is 19.0. The third-order valence-electron chi connectivity index (χ3n) is 5.50. The molecular formula is C19H24FN3OS. The minimum atomic E-state index is -0.192. The third-order valence-corrected chi connectivity index (χ3v) is 6.40. The Morgan fingerprint density at radius 1 is 1.08 bits per heavy atom. The molecule has 6 heteroatoms. The van der Waals surface area contributed by atoms with Gasteiger partial charge in [0.25, 0.3) is 0 Å². The second-order valence-corrected chi connectivity index (χ2v) is 7.84. The fourth-order valence-corrected chi connectivity index (χ4v) is 4.79. The van der Waals surface area contributed by atoms with Gasteiger partial charge in [0, 0.05) is 50.2 Å². The zero-order valence-corrected chi connectivity index (χ0v) is 15.4. The summed E-state index contributed by atoms with van der Waals surface area (Å²) in [5.74, 6) is -0.192. The van der Waals surface area contributed by atoms with E-state index in [0.717, 1.165) is 68.6 Å². The second kappa shape index (κ2) is 7.02. The number of hydrogen-bond donors (Lipinski definition) is 0. The van der Waals surface area contributed by atoms with Crippen LogP contribution in [0.3, 0.4) is 0 Å². The lowest BCUT2D eigenvalue weighted by Crippen LogP contribution is -2.44. The van der Waals surface area contributed by atoms with Crippen LogP contribution in [0.4, 0.5) is 9.52 Å². The molecule has 2 aliphatic rings. The molecule has 0 radical (unpaired) electrons. The van der Waals surface area contributed by atoms with Crippen molar-refractivity contribution in [2.75, 3.05) is 51.3 Å². The molecule has 25 heavy (non-hydrogen) atoms. The van der Waals surface area contributed by atoms with Gasteiger partial charge in [-0.1, -0.05) is 12.1 Å². The van der Waals surface area contributed by atoms with E-state index >= 15 is 0 Å². The maximum atomic E-state index is 13.4. The molecule has 0 atom stereocenters. The van der Waals surface area contributed by atoms with Crippen LogP contribution in [-0.4, -0.2) is 56.3 Å². The number of rotatable bonds is 3. The van der Waals surface area contributed by atoms with E-state index in [9.17, 15) is 4.39 Å². The Hall–Kier alpha value is -1.50. The number of aromatic nitrogens is 1. The molecule has 2 aliphatic heterocycles. The van der Waals surface area contributed by atoms with Gasteiger partial charge in [-0.25, -0.2) is 9.37 Å². The second-order valence-electron chi connectivity index (χ2n) is 7.01. The molecule has 0 saturated carbocycles. The van der Waals surface area contributed by atoms with Gasteiger partial charge >= 0.3 is 0 Å². The SMILES string of the molecule is CN1CCN(c2nc(C3(c4ccc(F)cc4)CCOCC3)cs2)CC1. The first-order valence-electron chi connectivity index (χ1n) is 8.91. The largest absolute Gasteiger partial charge is 0.381 e. The van der Waals surface area contributed by atoms with Crippen molar-refractivity contribution in [2.45, 2.75) is 18.3 Å². The summed E-state index contributed by atoms with van der Waals surface area (Å²) in [7, 11) is 2.16. The molecule has 1 aromatic heterocycles.